The van der Waals surface area contributed by atoms with Gasteiger partial charge in [0.25, 0.3) is 0 Å². The van der Waals surface area contributed by atoms with Crippen molar-refractivity contribution >= 4 is 40.3 Å². The van der Waals surface area contributed by atoms with Crippen LogP contribution in [-0.4, -0.2) is 89.1 Å². The van der Waals surface area contributed by atoms with Crippen molar-refractivity contribution in [3.05, 3.63) is 58.3 Å². The van der Waals surface area contributed by atoms with Crippen molar-refractivity contribution in [1.82, 2.24) is 29.9 Å². The standard InChI is InChI=1S/C27H27ClF3N9O2/c28-17-1-2-20-19(13-17)18-3-4-40(26-36-23(27(29,30)31)35-25(37-26)39-7-11-42-12-8-39)22(21(18)34-20)16-14-32-24(33-15-16)38-5-9-41-10-6-38/h1-2,13-15,22,34H,3-12H2/t22-/m0/s1. The van der Waals surface area contributed by atoms with Gasteiger partial charge in [0.2, 0.25) is 23.7 Å². The molecule has 0 unspecified atom stereocenters. The largest absolute Gasteiger partial charge is 0.451 e. The first-order chi connectivity index (χ1) is 20.3. The van der Waals surface area contributed by atoms with Crippen LogP contribution in [0.1, 0.15) is 28.7 Å². The molecular formula is C27H27ClF3N9O2. The summed E-state index contributed by atoms with van der Waals surface area (Å²) in [4.78, 5) is 30.6. The minimum Gasteiger partial charge on any atom is -0.378 e. The fourth-order valence-corrected chi connectivity index (χ4v) is 5.91. The molecule has 6 heterocycles. The molecule has 1 aromatic carbocycles. The minimum atomic E-state index is -4.75. The number of nitrogens with one attached hydrogen (secondary N) is 1. The van der Waals surface area contributed by atoms with E-state index in [4.69, 9.17) is 21.1 Å². The van der Waals surface area contributed by atoms with Crippen LogP contribution >= 0.6 is 11.6 Å². The number of hydrogen-bond donors (Lipinski definition) is 1. The zero-order valence-electron chi connectivity index (χ0n) is 22.4. The maximum atomic E-state index is 14.1. The number of anilines is 3. The summed E-state index contributed by atoms with van der Waals surface area (Å²) >= 11 is 6.33. The predicted molar refractivity (Wildman–Crippen MR) is 149 cm³/mol. The maximum Gasteiger partial charge on any atom is 0.451 e. The molecule has 0 saturated carbocycles. The van der Waals surface area contributed by atoms with Crippen molar-refractivity contribution in [3.63, 3.8) is 0 Å². The van der Waals surface area contributed by atoms with Crippen LogP contribution in [0.5, 0.6) is 0 Å². The van der Waals surface area contributed by atoms with Crippen molar-refractivity contribution in [1.29, 1.82) is 0 Å². The molecule has 3 aromatic heterocycles. The number of morpholine rings is 2. The number of benzene rings is 1. The van der Waals surface area contributed by atoms with Gasteiger partial charge in [-0.05, 0) is 30.2 Å². The Labute approximate surface area is 243 Å². The molecule has 3 aliphatic heterocycles. The summed E-state index contributed by atoms with van der Waals surface area (Å²) < 4.78 is 53.0. The normalized spacial score (nSPS) is 19.8. The van der Waals surface area contributed by atoms with Gasteiger partial charge in [0.1, 0.15) is 6.04 Å². The number of aromatic amines is 1. The monoisotopic (exact) mass is 601 g/mol. The van der Waals surface area contributed by atoms with Crippen LogP contribution in [0.15, 0.2) is 30.6 Å². The number of halogens is 4. The Morgan fingerprint density at radius 3 is 2.14 bits per heavy atom. The van der Waals surface area contributed by atoms with E-state index in [1.807, 2.05) is 17.0 Å². The van der Waals surface area contributed by atoms with Crippen molar-refractivity contribution in [2.45, 2.75) is 18.6 Å². The summed E-state index contributed by atoms with van der Waals surface area (Å²) in [5.74, 6) is -0.756. The lowest BCUT2D eigenvalue weighted by Crippen LogP contribution is -2.40. The summed E-state index contributed by atoms with van der Waals surface area (Å²) in [6.45, 7) is 4.41. The van der Waals surface area contributed by atoms with Crippen LogP contribution in [-0.2, 0) is 22.1 Å². The van der Waals surface area contributed by atoms with E-state index >= 15 is 0 Å². The summed E-state index contributed by atoms with van der Waals surface area (Å²) in [5.41, 5.74) is 3.41. The predicted octanol–water partition coefficient (Wildman–Crippen LogP) is 3.64. The van der Waals surface area contributed by atoms with Gasteiger partial charge >= 0.3 is 6.18 Å². The maximum absolute atomic E-state index is 14.1. The van der Waals surface area contributed by atoms with Crippen molar-refractivity contribution in [2.75, 3.05) is 73.9 Å². The first-order valence-corrected chi connectivity index (χ1v) is 14.1. The molecule has 1 N–H and O–H groups in total. The second kappa shape index (κ2) is 10.8. The summed E-state index contributed by atoms with van der Waals surface area (Å²) in [7, 11) is 0. The second-order valence-electron chi connectivity index (χ2n) is 10.3. The van der Waals surface area contributed by atoms with Gasteiger partial charge in [-0.2, -0.15) is 28.1 Å². The van der Waals surface area contributed by atoms with Gasteiger partial charge in [-0.1, -0.05) is 11.6 Å². The van der Waals surface area contributed by atoms with Crippen molar-refractivity contribution in [3.8, 4) is 0 Å². The van der Waals surface area contributed by atoms with E-state index in [-0.39, 0.29) is 11.9 Å². The summed E-state index contributed by atoms with van der Waals surface area (Å²) in [5, 5.41) is 1.57. The highest BCUT2D eigenvalue weighted by Crippen LogP contribution is 2.41. The number of aromatic nitrogens is 6. The average molecular weight is 602 g/mol. The highest BCUT2D eigenvalue weighted by atomic mass is 35.5. The highest BCUT2D eigenvalue weighted by Gasteiger charge is 2.40. The average Bonchev–Trinajstić information content (AvgIpc) is 3.39. The Kier molecular flexibility index (Phi) is 6.98. The quantitative estimate of drug-likeness (QED) is 0.372. The lowest BCUT2D eigenvalue weighted by Gasteiger charge is -2.37. The van der Waals surface area contributed by atoms with Gasteiger partial charge < -0.3 is 29.2 Å². The van der Waals surface area contributed by atoms with Gasteiger partial charge in [-0.3, -0.25) is 0 Å². The van der Waals surface area contributed by atoms with E-state index in [9.17, 15) is 13.2 Å². The van der Waals surface area contributed by atoms with Crippen LogP contribution in [0.2, 0.25) is 5.02 Å². The molecule has 42 heavy (non-hydrogen) atoms. The Morgan fingerprint density at radius 2 is 1.48 bits per heavy atom. The number of alkyl halides is 3. The lowest BCUT2D eigenvalue weighted by molar-refractivity contribution is -0.145. The number of hydrogen-bond acceptors (Lipinski definition) is 10. The molecule has 2 fully saturated rings. The molecule has 3 aliphatic rings. The Hall–Kier alpha value is -3.75. The molecule has 4 aromatic rings. The highest BCUT2D eigenvalue weighted by molar-refractivity contribution is 6.31. The Bertz CT molecular complexity index is 1590. The van der Waals surface area contributed by atoms with E-state index in [0.29, 0.717) is 82.1 Å². The zero-order valence-corrected chi connectivity index (χ0v) is 23.2. The lowest BCUT2D eigenvalue weighted by atomic mass is 9.94. The van der Waals surface area contributed by atoms with E-state index < -0.39 is 18.0 Å². The molecule has 0 amide bonds. The molecule has 1 atom stereocenters. The van der Waals surface area contributed by atoms with Crippen molar-refractivity contribution < 1.29 is 22.6 Å². The molecule has 0 radical (unpaired) electrons. The fourth-order valence-electron chi connectivity index (χ4n) is 5.74. The Morgan fingerprint density at radius 1 is 0.833 bits per heavy atom. The number of H-pyrrole nitrogens is 1. The minimum absolute atomic E-state index is 0.0254. The fraction of sp³-hybridized carbons (Fsp3) is 0.444. The third-order valence-electron chi connectivity index (χ3n) is 7.77. The molecule has 15 heteroatoms. The van der Waals surface area contributed by atoms with Gasteiger partial charge in [-0.25, -0.2) is 9.97 Å². The van der Waals surface area contributed by atoms with E-state index in [1.54, 1.807) is 28.3 Å². The van der Waals surface area contributed by atoms with E-state index in [1.165, 1.54) is 0 Å². The first kappa shape index (κ1) is 27.1. The summed E-state index contributed by atoms with van der Waals surface area (Å²) in [6.07, 6.45) is -0.773. The van der Waals surface area contributed by atoms with Crippen LogP contribution in [0.4, 0.5) is 31.0 Å². The molecule has 7 rings (SSSR count). The molecule has 11 nitrogen and oxygen atoms in total. The number of nitrogens with zero attached hydrogens (tertiary/aromatic N) is 8. The third kappa shape index (κ3) is 5.07. The van der Waals surface area contributed by atoms with E-state index in [0.717, 1.165) is 22.2 Å². The van der Waals surface area contributed by atoms with Gasteiger partial charge in [0.05, 0.1) is 26.4 Å². The van der Waals surface area contributed by atoms with Crippen LogP contribution < -0.4 is 14.7 Å². The molecule has 2 saturated heterocycles. The third-order valence-corrected chi connectivity index (χ3v) is 8.01. The number of ether oxygens (including phenoxy) is 2. The SMILES string of the molecule is FC(F)(F)c1nc(N2CCOCC2)nc(N2CCc3c([nH]c4ccc(Cl)cc34)[C@@H]2c2cnc(N3CCOCC3)nc2)n1. The van der Waals surface area contributed by atoms with Gasteiger partial charge in [0, 0.05) is 72.3 Å². The Balaban J connectivity index is 1.35. The first-order valence-electron chi connectivity index (χ1n) is 13.7. The van der Waals surface area contributed by atoms with Crippen LogP contribution in [0, 0.1) is 0 Å². The molecule has 0 bridgehead atoms. The number of fused-ring (bicyclic) bond motifs is 3. The molecular weight excluding hydrogens is 575 g/mol. The molecule has 220 valence electrons. The van der Waals surface area contributed by atoms with E-state index in [2.05, 4.69) is 29.9 Å². The topological polar surface area (TPSA) is 108 Å². The molecule has 0 spiro atoms. The van der Waals surface area contributed by atoms with Crippen LogP contribution in [0.3, 0.4) is 0 Å². The number of rotatable bonds is 4. The summed E-state index contributed by atoms with van der Waals surface area (Å²) in [6, 6.07) is 5.02. The smallest absolute Gasteiger partial charge is 0.378 e. The van der Waals surface area contributed by atoms with Gasteiger partial charge in [-0.15, -0.1) is 0 Å². The van der Waals surface area contributed by atoms with Crippen LogP contribution in [0.25, 0.3) is 10.9 Å². The zero-order chi connectivity index (χ0) is 28.8. The second-order valence-corrected chi connectivity index (χ2v) is 10.8. The van der Waals surface area contributed by atoms with Crippen molar-refractivity contribution in [2.24, 2.45) is 0 Å². The van der Waals surface area contributed by atoms with Gasteiger partial charge in [0.15, 0.2) is 0 Å². The molecule has 0 aliphatic carbocycles.